The maximum absolute atomic E-state index is 5.61. The lowest BCUT2D eigenvalue weighted by Gasteiger charge is -2.10. The molecule has 0 unspecified atom stereocenters. The number of methoxy groups -OCH3 is 2. The van der Waals surface area contributed by atoms with E-state index < -0.39 is 0 Å². The van der Waals surface area contributed by atoms with Crippen molar-refractivity contribution in [1.29, 1.82) is 0 Å². The Kier molecular flexibility index (Phi) is 3.79. The largest absolute Gasteiger partial charge is 0.493 e. The van der Waals surface area contributed by atoms with Gasteiger partial charge >= 0.3 is 0 Å². The normalized spacial score (nSPS) is 11.3. The number of halogens is 1. The molecule has 4 N–H and O–H groups in total. The Morgan fingerprint density at radius 1 is 1.27 bits per heavy atom. The van der Waals surface area contributed by atoms with E-state index in [0.29, 0.717) is 17.1 Å². The Hall–Kier alpha value is -1.43. The summed E-state index contributed by atoms with van der Waals surface area (Å²) in [6.45, 7) is 0. The SMILES string of the molecule is COc1cc(Br)c(/C(N)=N/N)cc1OC. The zero-order valence-corrected chi connectivity index (χ0v) is 10.0. The molecule has 1 aromatic rings. The van der Waals surface area contributed by atoms with E-state index in [1.807, 2.05) is 0 Å². The Bertz CT molecular complexity index is 393. The van der Waals surface area contributed by atoms with E-state index in [1.54, 1.807) is 26.4 Å². The molecular weight excluding hydrogens is 262 g/mol. The molecule has 82 valence electrons. The standard InChI is InChI=1S/C9H12BrN3O2/c1-14-7-3-5(9(11)13-12)6(10)4-8(7)15-2/h3-4H,12H2,1-2H3,(H2,11,13). The lowest BCUT2D eigenvalue weighted by atomic mass is 10.2. The molecule has 0 aliphatic rings. The molecule has 0 bridgehead atoms. The lowest BCUT2D eigenvalue weighted by molar-refractivity contribution is 0.354. The number of ether oxygens (including phenoxy) is 2. The van der Waals surface area contributed by atoms with Crippen LogP contribution in [0.15, 0.2) is 21.7 Å². The summed E-state index contributed by atoms with van der Waals surface area (Å²) in [5.74, 6) is 6.51. The molecule has 1 rings (SSSR count). The predicted octanol–water partition coefficient (Wildman–Crippen LogP) is 1.05. The van der Waals surface area contributed by atoms with Crippen LogP contribution in [0.25, 0.3) is 0 Å². The van der Waals surface area contributed by atoms with Gasteiger partial charge in [-0.1, -0.05) is 0 Å². The molecule has 15 heavy (non-hydrogen) atoms. The van der Waals surface area contributed by atoms with Crippen LogP contribution in [0.4, 0.5) is 0 Å². The van der Waals surface area contributed by atoms with Gasteiger partial charge in [0.2, 0.25) is 0 Å². The Morgan fingerprint density at radius 3 is 2.27 bits per heavy atom. The van der Waals surface area contributed by atoms with Crippen LogP contribution in [0.1, 0.15) is 5.56 Å². The summed E-state index contributed by atoms with van der Waals surface area (Å²) in [5.41, 5.74) is 6.27. The number of rotatable bonds is 3. The first kappa shape index (κ1) is 11.6. The highest BCUT2D eigenvalue weighted by molar-refractivity contribution is 9.10. The summed E-state index contributed by atoms with van der Waals surface area (Å²) in [5, 5.41) is 3.42. The molecule has 0 aliphatic heterocycles. The third-order valence-corrected chi connectivity index (χ3v) is 2.54. The summed E-state index contributed by atoms with van der Waals surface area (Å²) >= 11 is 3.34. The molecule has 5 nitrogen and oxygen atoms in total. The van der Waals surface area contributed by atoms with Gasteiger partial charge in [-0.2, -0.15) is 5.10 Å². The minimum absolute atomic E-state index is 0.225. The highest BCUT2D eigenvalue weighted by atomic mass is 79.9. The summed E-state index contributed by atoms with van der Waals surface area (Å²) < 4.78 is 11.0. The van der Waals surface area contributed by atoms with Gasteiger partial charge in [-0.15, -0.1) is 0 Å². The summed E-state index contributed by atoms with van der Waals surface area (Å²) in [6.07, 6.45) is 0. The molecular formula is C9H12BrN3O2. The highest BCUT2D eigenvalue weighted by Gasteiger charge is 2.11. The van der Waals surface area contributed by atoms with Crippen LogP contribution in [-0.2, 0) is 0 Å². The quantitative estimate of drug-likeness (QED) is 0.373. The van der Waals surface area contributed by atoms with Crippen molar-refractivity contribution in [1.82, 2.24) is 0 Å². The van der Waals surface area contributed by atoms with E-state index in [1.165, 1.54) is 0 Å². The zero-order chi connectivity index (χ0) is 11.4. The minimum atomic E-state index is 0.225. The van der Waals surface area contributed by atoms with Gasteiger partial charge in [0.1, 0.15) is 0 Å². The maximum Gasteiger partial charge on any atom is 0.161 e. The van der Waals surface area contributed by atoms with E-state index in [2.05, 4.69) is 21.0 Å². The van der Waals surface area contributed by atoms with Crippen LogP contribution < -0.4 is 21.1 Å². The van der Waals surface area contributed by atoms with Gasteiger partial charge in [0.05, 0.1) is 14.2 Å². The van der Waals surface area contributed by atoms with Crippen molar-refractivity contribution in [3.63, 3.8) is 0 Å². The van der Waals surface area contributed by atoms with Crippen molar-refractivity contribution in [3.05, 3.63) is 22.2 Å². The van der Waals surface area contributed by atoms with Gasteiger partial charge in [-0.3, -0.25) is 0 Å². The molecule has 0 fully saturated rings. The van der Waals surface area contributed by atoms with E-state index >= 15 is 0 Å². The maximum atomic E-state index is 5.61. The summed E-state index contributed by atoms with van der Waals surface area (Å²) in [4.78, 5) is 0. The number of nitrogens with two attached hydrogens (primary N) is 2. The Balaban J connectivity index is 3.32. The Morgan fingerprint density at radius 2 is 1.80 bits per heavy atom. The summed E-state index contributed by atoms with van der Waals surface area (Å²) in [7, 11) is 3.11. The second-order valence-corrected chi connectivity index (χ2v) is 3.56. The average Bonchev–Trinajstić information content (AvgIpc) is 2.27. The van der Waals surface area contributed by atoms with Gasteiger partial charge in [-0.05, 0) is 28.1 Å². The third kappa shape index (κ3) is 2.33. The molecule has 0 spiro atoms. The van der Waals surface area contributed by atoms with Crippen molar-refractivity contribution >= 4 is 21.8 Å². The molecule has 6 heteroatoms. The number of hydrazone groups is 1. The van der Waals surface area contributed by atoms with Gasteiger partial charge in [0, 0.05) is 10.0 Å². The third-order valence-electron chi connectivity index (χ3n) is 1.89. The second-order valence-electron chi connectivity index (χ2n) is 2.70. The van der Waals surface area contributed by atoms with Crippen LogP contribution in [0.2, 0.25) is 0 Å². The van der Waals surface area contributed by atoms with Gasteiger partial charge in [-0.25, -0.2) is 0 Å². The number of amidine groups is 1. The van der Waals surface area contributed by atoms with Crippen LogP contribution in [0, 0.1) is 0 Å². The van der Waals surface area contributed by atoms with Gasteiger partial charge in [0.15, 0.2) is 17.3 Å². The fourth-order valence-electron chi connectivity index (χ4n) is 1.12. The second kappa shape index (κ2) is 4.88. The van der Waals surface area contributed by atoms with Crippen molar-refractivity contribution in [2.75, 3.05) is 14.2 Å². The Labute approximate surface area is 96.2 Å². The smallest absolute Gasteiger partial charge is 0.161 e. The van der Waals surface area contributed by atoms with Crippen molar-refractivity contribution in [3.8, 4) is 11.5 Å². The van der Waals surface area contributed by atoms with Crippen LogP contribution in [0.5, 0.6) is 11.5 Å². The first-order valence-corrected chi connectivity index (χ1v) is 4.88. The average molecular weight is 274 g/mol. The molecule has 0 aliphatic carbocycles. The zero-order valence-electron chi connectivity index (χ0n) is 8.45. The van der Waals surface area contributed by atoms with Gasteiger partial charge in [0.25, 0.3) is 0 Å². The van der Waals surface area contributed by atoms with Crippen LogP contribution >= 0.6 is 15.9 Å². The van der Waals surface area contributed by atoms with Crippen molar-refractivity contribution < 1.29 is 9.47 Å². The molecule has 0 aromatic heterocycles. The van der Waals surface area contributed by atoms with Crippen molar-refractivity contribution in [2.45, 2.75) is 0 Å². The number of hydrogen-bond acceptors (Lipinski definition) is 4. The van der Waals surface area contributed by atoms with Crippen molar-refractivity contribution in [2.24, 2.45) is 16.7 Å². The molecule has 0 amide bonds. The molecule has 0 atom stereocenters. The first-order chi connectivity index (χ1) is 7.13. The van der Waals surface area contributed by atoms with E-state index in [4.69, 9.17) is 21.1 Å². The number of hydrogen-bond donors (Lipinski definition) is 2. The van der Waals surface area contributed by atoms with E-state index in [-0.39, 0.29) is 5.84 Å². The van der Waals surface area contributed by atoms with E-state index in [9.17, 15) is 0 Å². The fraction of sp³-hybridized carbons (Fsp3) is 0.222. The number of nitrogens with zero attached hydrogens (tertiary/aromatic N) is 1. The molecule has 0 radical (unpaired) electrons. The predicted molar refractivity (Wildman–Crippen MR) is 62.2 cm³/mol. The highest BCUT2D eigenvalue weighted by Crippen LogP contribution is 2.32. The molecule has 1 aromatic carbocycles. The lowest BCUT2D eigenvalue weighted by Crippen LogP contribution is -2.16. The first-order valence-electron chi connectivity index (χ1n) is 4.09. The summed E-state index contributed by atoms with van der Waals surface area (Å²) in [6, 6.07) is 3.45. The number of benzene rings is 1. The minimum Gasteiger partial charge on any atom is -0.493 e. The van der Waals surface area contributed by atoms with E-state index in [0.717, 1.165) is 4.47 Å². The molecule has 0 heterocycles. The van der Waals surface area contributed by atoms with Crippen LogP contribution in [-0.4, -0.2) is 20.1 Å². The molecule has 0 saturated carbocycles. The molecule has 0 saturated heterocycles. The van der Waals surface area contributed by atoms with Crippen LogP contribution in [0.3, 0.4) is 0 Å². The monoisotopic (exact) mass is 273 g/mol. The fourth-order valence-corrected chi connectivity index (χ4v) is 1.65. The van der Waals surface area contributed by atoms with Gasteiger partial charge < -0.3 is 21.1 Å². The topological polar surface area (TPSA) is 82.9 Å².